The Balaban J connectivity index is 1.94. The van der Waals surface area contributed by atoms with E-state index in [0.717, 1.165) is 5.69 Å². The first-order valence-electron chi connectivity index (χ1n) is 6.43. The molecular formula is C16H13N3O2. The zero-order valence-electron chi connectivity index (χ0n) is 11.1. The molecule has 21 heavy (non-hydrogen) atoms. The molecule has 0 amide bonds. The smallest absolute Gasteiger partial charge is 0.280 e. The molecule has 1 aromatic heterocycles. The number of phenolic OH excluding ortho intramolecular Hbond substituents is 1. The van der Waals surface area contributed by atoms with Crippen LogP contribution in [0.4, 0.5) is 5.69 Å². The lowest BCUT2D eigenvalue weighted by Gasteiger charge is -1.99. The van der Waals surface area contributed by atoms with Crippen molar-refractivity contribution in [2.45, 2.75) is 0 Å². The summed E-state index contributed by atoms with van der Waals surface area (Å²) in [6.07, 6.45) is 3.02. The standard InChI is InChI=1S/C16H13N3O2/c20-15-9-5-4-8-14(15)17-10-12-11-18-19(16(12)21)13-6-2-1-3-7-13/h1-11,18,20H. The van der Waals surface area contributed by atoms with Crippen LogP contribution in [0.1, 0.15) is 5.56 Å². The molecule has 2 N–H and O–H groups in total. The molecule has 0 bridgehead atoms. The van der Waals surface area contributed by atoms with E-state index in [1.165, 1.54) is 10.9 Å². The molecule has 0 aliphatic heterocycles. The lowest BCUT2D eigenvalue weighted by molar-refractivity contribution is 0.477. The summed E-state index contributed by atoms with van der Waals surface area (Å²) in [6, 6.07) is 16.0. The maximum atomic E-state index is 12.3. The number of hydrogen-bond donors (Lipinski definition) is 2. The number of rotatable bonds is 3. The molecule has 3 aromatic rings. The van der Waals surface area contributed by atoms with E-state index in [4.69, 9.17) is 0 Å². The fourth-order valence-electron chi connectivity index (χ4n) is 1.96. The van der Waals surface area contributed by atoms with E-state index in [2.05, 4.69) is 10.1 Å². The van der Waals surface area contributed by atoms with Gasteiger partial charge in [0.25, 0.3) is 5.56 Å². The van der Waals surface area contributed by atoms with E-state index in [1.807, 2.05) is 30.3 Å². The van der Waals surface area contributed by atoms with Crippen molar-refractivity contribution in [3.05, 3.63) is 76.7 Å². The fraction of sp³-hybridized carbons (Fsp3) is 0. The highest BCUT2D eigenvalue weighted by atomic mass is 16.3. The number of aromatic nitrogens is 2. The van der Waals surface area contributed by atoms with Crippen molar-refractivity contribution in [2.75, 3.05) is 0 Å². The van der Waals surface area contributed by atoms with Gasteiger partial charge in [-0.15, -0.1) is 0 Å². The zero-order valence-corrected chi connectivity index (χ0v) is 11.1. The maximum Gasteiger partial charge on any atom is 0.280 e. The van der Waals surface area contributed by atoms with E-state index < -0.39 is 0 Å². The molecule has 104 valence electrons. The molecule has 0 fully saturated rings. The molecule has 2 aromatic carbocycles. The van der Waals surface area contributed by atoms with Crippen LogP contribution >= 0.6 is 0 Å². The maximum absolute atomic E-state index is 12.3. The van der Waals surface area contributed by atoms with Crippen LogP contribution in [0.3, 0.4) is 0 Å². The van der Waals surface area contributed by atoms with Gasteiger partial charge in [-0.25, -0.2) is 4.68 Å². The van der Waals surface area contributed by atoms with E-state index in [0.29, 0.717) is 11.3 Å². The van der Waals surface area contributed by atoms with Crippen LogP contribution in [0.25, 0.3) is 5.69 Å². The van der Waals surface area contributed by atoms with Crippen molar-refractivity contribution >= 4 is 11.9 Å². The van der Waals surface area contributed by atoms with E-state index in [9.17, 15) is 9.90 Å². The predicted molar refractivity (Wildman–Crippen MR) is 81.8 cm³/mol. The lowest BCUT2D eigenvalue weighted by atomic mass is 10.3. The van der Waals surface area contributed by atoms with Gasteiger partial charge in [0.2, 0.25) is 0 Å². The van der Waals surface area contributed by atoms with Gasteiger partial charge in [0.15, 0.2) is 0 Å². The number of nitrogens with one attached hydrogen (secondary N) is 1. The number of H-pyrrole nitrogens is 1. The van der Waals surface area contributed by atoms with Crippen LogP contribution in [0.15, 0.2) is 70.6 Å². The highest BCUT2D eigenvalue weighted by Gasteiger charge is 2.05. The number of aromatic hydroxyl groups is 1. The lowest BCUT2D eigenvalue weighted by Crippen LogP contribution is -2.16. The molecule has 0 saturated carbocycles. The predicted octanol–water partition coefficient (Wildman–Crippen LogP) is 2.62. The summed E-state index contributed by atoms with van der Waals surface area (Å²) in [6.45, 7) is 0. The molecular weight excluding hydrogens is 266 g/mol. The minimum atomic E-state index is -0.194. The Labute approximate surface area is 120 Å². The average molecular weight is 279 g/mol. The number of benzene rings is 2. The summed E-state index contributed by atoms with van der Waals surface area (Å²) in [5.41, 5.74) is 1.40. The van der Waals surface area contributed by atoms with Crippen LogP contribution in [-0.2, 0) is 0 Å². The minimum Gasteiger partial charge on any atom is -0.506 e. The van der Waals surface area contributed by atoms with Crippen molar-refractivity contribution in [1.29, 1.82) is 0 Å². The summed E-state index contributed by atoms with van der Waals surface area (Å²) in [5.74, 6) is 0.0765. The van der Waals surface area contributed by atoms with Crippen LogP contribution < -0.4 is 5.56 Å². The normalized spacial score (nSPS) is 11.0. The van der Waals surface area contributed by atoms with Crippen molar-refractivity contribution in [2.24, 2.45) is 4.99 Å². The van der Waals surface area contributed by atoms with Crippen LogP contribution in [0, 0.1) is 0 Å². The Morgan fingerprint density at radius 1 is 1.05 bits per heavy atom. The van der Waals surface area contributed by atoms with Gasteiger partial charge in [-0.2, -0.15) is 0 Å². The molecule has 0 aliphatic carbocycles. The molecule has 1 heterocycles. The quantitative estimate of drug-likeness (QED) is 0.723. The molecule has 0 aliphatic rings. The number of nitrogens with zero attached hydrogens (tertiary/aromatic N) is 2. The summed E-state index contributed by atoms with van der Waals surface area (Å²) in [7, 11) is 0. The largest absolute Gasteiger partial charge is 0.506 e. The van der Waals surface area contributed by atoms with Gasteiger partial charge >= 0.3 is 0 Å². The average Bonchev–Trinajstić information content (AvgIpc) is 2.88. The molecule has 0 radical (unpaired) electrons. The number of aliphatic imine (C=N–C) groups is 1. The van der Waals surface area contributed by atoms with Crippen molar-refractivity contribution < 1.29 is 5.11 Å². The second-order valence-electron chi connectivity index (χ2n) is 4.45. The highest BCUT2D eigenvalue weighted by Crippen LogP contribution is 2.24. The van der Waals surface area contributed by atoms with E-state index in [1.54, 1.807) is 30.5 Å². The van der Waals surface area contributed by atoms with Gasteiger partial charge in [0, 0.05) is 12.4 Å². The third kappa shape index (κ3) is 2.62. The van der Waals surface area contributed by atoms with E-state index >= 15 is 0 Å². The second kappa shape index (κ2) is 5.50. The molecule has 5 heteroatoms. The fourth-order valence-corrected chi connectivity index (χ4v) is 1.96. The molecule has 3 rings (SSSR count). The molecule has 5 nitrogen and oxygen atoms in total. The van der Waals surface area contributed by atoms with Gasteiger partial charge in [-0.05, 0) is 24.3 Å². The Hall–Kier alpha value is -3.08. The van der Waals surface area contributed by atoms with Gasteiger partial charge in [-0.1, -0.05) is 30.3 Å². The van der Waals surface area contributed by atoms with Gasteiger partial charge in [-0.3, -0.25) is 14.9 Å². The van der Waals surface area contributed by atoms with Gasteiger partial charge in [0.1, 0.15) is 11.4 Å². The summed E-state index contributed by atoms with van der Waals surface area (Å²) >= 11 is 0. The third-order valence-corrected chi connectivity index (χ3v) is 3.04. The topological polar surface area (TPSA) is 70.4 Å². The zero-order chi connectivity index (χ0) is 14.7. The summed E-state index contributed by atoms with van der Waals surface area (Å²) < 4.78 is 1.44. The summed E-state index contributed by atoms with van der Waals surface area (Å²) in [4.78, 5) is 16.4. The minimum absolute atomic E-state index is 0.0765. The molecule has 0 unspecified atom stereocenters. The Morgan fingerprint density at radius 2 is 1.76 bits per heavy atom. The number of para-hydroxylation sites is 3. The highest BCUT2D eigenvalue weighted by molar-refractivity contribution is 5.82. The molecule has 0 saturated heterocycles. The SMILES string of the molecule is O=c1c(C=Nc2ccccc2O)c[nH]n1-c1ccccc1. The number of hydrogen-bond acceptors (Lipinski definition) is 3. The monoisotopic (exact) mass is 279 g/mol. The molecule has 0 atom stereocenters. The van der Waals surface area contributed by atoms with E-state index in [-0.39, 0.29) is 11.3 Å². The van der Waals surface area contributed by atoms with Crippen LogP contribution in [-0.4, -0.2) is 21.1 Å². The van der Waals surface area contributed by atoms with Crippen LogP contribution in [0.5, 0.6) is 5.75 Å². The summed E-state index contributed by atoms with van der Waals surface area (Å²) in [5, 5.41) is 12.5. The first kappa shape index (κ1) is 12.9. The van der Waals surface area contributed by atoms with Crippen molar-refractivity contribution in [3.63, 3.8) is 0 Å². The second-order valence-corrected chi connectivity index (χ2v) is 4.45. The van der Waals surface area contributed by atoms with Crippen molar-refractivity contribution in [3.8, 4) is 11.4 Å². The van der Waals surface area contributed by atoms with Gasteiger partial charge < -0.3 is 5.11 Å². The van der Waals surface area contributed by atoms with Crippen molar-refractivity contribution in [1.82, 2.24) is 9.78 Å². The number of phenols is 1. The molecule has 0 spiro atoms. The van der Waals surface area contributed by atoms with Crippen LogP contribution in [0.2, 0.25) is 0 Å². The Bertz CT molecular complexity index is 832. The number of aromatic amines is 1. The Kier molecular flexibility index (Phi) is 3.39. The Morgan fingerprint density at radius 3 is 2.52 bits per heavy atom. The third-order valence-electron chi connectivity index (χ3n) is 3.04. The first-order chi connectivity index (χ1) is 10.3. The first-order valence-corrected chi connectivity index (χ1v) is 6.43. The van der Waals surface area contributed by atoms with Gasteiger partial charge in [0.05, 0.1) is 11.3 Å².